The third-order valence-corrected chi connectivity index (χ3v) is 3.95. The summed E-state index contributed by atoms with van der Waals surface area (Å²) < 4.78 is 4.79. The molecular weight excluding hydrogens is 272 g/mol. The number of ether oxygens (including phenoxy) is 1. The molecule has 2 N–H and O–H groups in total. The van der Waals surface area contributed by atoms with Gasteiger partial charge in [-0.3, -0.25) is 0 Å². The van der Waals surface area contributed by atoms with Gasteiger partial charge in [-0.15, -0.1) is 11.8 Å². The summed E-state index contributed by atoms with van der Waals surface area (Å²) in [5, 5.41) is 0.898. The van der Waals surface area contributed by atoms with Crippen LogP contribution < -0.4 is 5.73 Å². The van der Waals surface area contributed by atoms with Crippen molar-refractivity contribution in [3.63, 3.8) is 0 Å². The number of thioether (sulfide) groups is 1. The molecule has 1 aromatic carbocycles. The number of nitrogens with two attached hydrogens (primary N) is 1. The highest BCUT2D eigenvalue weighted by Gasteiger charge is 2.12. The molecule has 0 spiro atoms. The molecule has 2 aromatic rings. The van der Waals surface area contributed by atoms with Crippen LogP contribution in [0.3, 0.4) is 0 Å². The number of benzene rings is 1. The van der Waals surface area contributed by atoms with E-state index in [-0.39, 0.29) is 5.97 Å². The lowest BCUT2D eigenvalue weighted by molar-refractivity contribution is 0.0600. The van der Waals surface area contributed by atoms with Gasteiger partial charge in [0.05, 0.1) is 12.7 Å². The third kappa shape index (κ3) is 3.37. The number of carbonyl (C=O) groups is 1. The zero-order chi connectivity index (χ0) is 14.4. The number of rotatable bonds is 5. The number of aromatic nitrogens is 1. The smallest absolute Gasteiger partial charge is 0.338 e. The second kappa shape index (κ2) is 7.07. The average Bonchev–Trinajstić information content (AvgIpc) is 2.52. The summed E-state index contributed by atoms with van der Waals surface area (Å²) in [7, 11) is 1.39. The van der Waals surface area contributed by atoms with E-state index in [1.165, 1.54) is 7.11 Å². The Morgan fingerprint density at radius 1 is 1.25 bits per heavy atom. The second-order valence-corrected chi connectivity index (χ2v) is 5.07. The van der Waals surface area contributed by atoms with E-state index in [4.69, 9.17) is 10.5 Å². The lowest BCUT2D eigenvalue weighted by Crippen LogP contribution is -2.05. The fourth-order valence-electron chi connectivity index (χ4n) is 1.81. The molecule has 1 heterocycles. The van der Waals surface area contributed by atoms with Gasteiger partial charge in [0.25, 0.3) is 0 Å². The van der Waals surface area contributed by atoms with E-state index in [1.807, 2.05) is 30.3 Å². The van der Waals surface area contributed by atoms with Crippen molar-refractivity contribution in [1.82, 2.24) is 4.98 Å². The highest BCUT2D eigenvalue weighted by Crippen LogP contribution is 2.25. The van der Waals surface area contributed by atoms with Crippen LogP contribution in [0.25, 0.3) is 0 Å². The molecule has 0 saturated heterocycles. The van der Waals surface area contributed by atoms with Gasteiger partial charge < -0.3 is 10.5 Å². The number of pyridine rings is 1. The minimum absolute atomic E-state index is 0.318. The van der Waals surface area contributed by atoms with E-state index >= 15 is 0 Å². The summed E-state index contributed by atoms with van der Waals surface area (Å²) in [6.07, 6.45) is 1.74. The van der Waals surface area contributed by atoms with Gasteiger partial charge in [0.1, 0.15) is 5.03 Å². The topological polar surface area (TPSA) is 65.2 Å². The predicted molar refractivity (Wildman–Crippen MR) is 79.5 cm³/mol. The van der Waals surface area contributed by atoms with Crippen molar-refractivity contribution < 1.29 is 9.53 Å². The molecular formula is C15H16N2O2S. The molecule has 0 aliphatic rings. The molecule has 0 radical (unpaired) electrons. The third-order valence-electron chi connectivity index (χ3n) is 2.86. The molecule has 1 aromatic heterocycles. The van der Waals surface area contributed by atoms with E-state index in [0.717, 1.165) is 16.2 Å². The van der Waals surface area contributed by atoms with Crippen molar-refractivity contribution in [3.8, 4) is 0 Å². The number of hydrogen-bond donors (Lipinski definition) is 1. The first kappa shape index (κ1) is 14.6. The Morgan fingerprint density at radius 2 is 2.00 bits per heavy atom. The van der Waals surface area contributed by atoms with Crippen molar-refractivity contribution in [1.29, 1.82) is 0 Å². The van der Waals surface area contributed by atoms with Gasteiger partial charge in [-0.2, -0.15) is 0 Å². The monoisotopic (exact) mass is 288 g/mol. The lowest BCUT2D eigenvalue weighted by atomic mass is 10.1. The maximum Gasteiger partial charge on any atom is 0.338 e. The molecule has 2 rings (SSSR count). The number of carbonyl (C=O) groups excluding carboxylic acids is 1. The Balaban J connectivity index is 2.17. The molecule has 0 aliphatic heterocycles. The van der Waals surface area contributed by atoms with Crippen LogP contribution in [-0.4, -0.2) is 18.1 Å². The SMILES string of the molecule is COC(=O)c1ccccc1CSc1ncccc1CN. The normalized spacial score (nSPS) is 10.3. The summed E-state index contributed by atoms with van der Waals surface area (Å²) in [5.74, 6) is 0.330. The number of esters is 1. The molecule has 20 heavy (non-hydrogen) atoms. The Morgan fingerprint density at radius 3 is 2.75 bits per heavy atom. The Bertz CT molecular complexity index is 602. The van der Waals surface area contributed by atoms with Gasteiger partial charge in [-0.1, -0.05) is 24.3 Å². The van der Waals surface area contributed by atoms with Crippen LogP contribution in [-0.2, 0) is 17.0 Å². The molecule has 0 bridgehead atoms. The summed E-state index contributed by atoms with van der Waals surface area (Å²) in [4.78, 5) is 16.0. The van der Waals surface area contributed by atoms with Crippen LogP contribution in [0.1, 0.15) is 21.5 Å². The van der Waals surface area contributed by atoms with Crippen molar-refractivity contribution in [2.75, 3.05) is 7.11 Å². The molecule has 0 aliphatic carbocycles. The number of methoxy groups -OCH3 is 1. The first-order valence-corrected chi connectivity index (χ1v) is 7.17. The number of nitrogens with zero attached hydrogens (tertiary/aromatic N) is 1. The zero-order valence-corrected chi connectivity index (χ0v) is 12.0. The first-order valence-electron chi connectivity index (χ1n) is 6.19. The maximum atomic E-state index is 11.7. The summed E-state index contributed by atoms with van der Waals surface area (Å²) in [5.41, 5.74) is 8.22. The van der Waals surface area contributed by atoms with Crippen LogP contribution in [0.4, 0.5) is 0 Å². The van der Waals surface area contributed by atoms with Gasteiger partial charge in [-0.25, -0.2) is 9.78 Å². The fraction of sp³-hybridized carbons (Fsp3) is 0.200. The zero-order valence-electron chi connectivity index (χ0n) is 11.2. The van der Waals surface area contributed by atoms with Crippen molar-refractivity contribution in [2.45, 2.75) is 17.3 Å². The molecule has 0 saturated carbocycles. The summed E-state index contributed by atoms with van der Waals surface area (Å²) in [6, 6.07) is 11.3. The Hall–Kier alpha value is -1.85. The van der Waals surface area contributed by atoms with E-state index in [1.54, 1.807) is 24.0 Å². The highest BCUT2D eigenvalue weighted by molar-refractivity contribution is 7.98. The van der Waals surface area contributed by atoms with Crippen LogP contribution in [0.2, 0.25) is 0 Å². The van der Waals surface area contributed by atoms with Crippen LogP contribution in [0, 0.1) is 0 Å². The second-order valence-electron chi connectivity index (χ2n) is 4.11. The van der Waals surface area contributed by atoms with E-state index in [9.17, 15) is 4.79 Å². The molecule has 0 unspecified atom stereocenters. The highest BCUT2D eigenvalue weighted by atomic mass is 32.2. The standard InChI is InChI=1S/C15H16N2O2S/c1-19-15(18)13-7-3-2-5-12(13)10-20-14-11(9-16)6-4-8-17-14/h2-8H,9-10,16H2,1H3. The van der Waals surface area contributed by atoms with E-state index < -0.39 is 0 Å². The molecule has 5 heteroatoms. The molecule has 0 amide bonds. The van der Waals surface area contributed by atoms with Crippen LogP contribution >= 0.6 is 11.8 Å². The van der Waals surface area contributed by atoms with Gasteiger partial charge in [0, 0.05) is 18.5 Å². The van der Waals surface area contributed by atoms with Crippen LogP contribution in [0.15, 0.2) is 47.6 Å². The number of hydrogen-bond acceptors (Lipinski definition) is 5. The molecule has 4 nitrogen and oxygen atoms in total. The summed E-state index contributed by atoms with van der Waals surface area (Å²) in [6.45, 7) is 0.453. The quantitative estimate of drug-likeness (QED) is 0.677. The van der Waals surface area contributed by atoms with E-state index in [0.29, 0.717) is 17.9 Å². The Kier molecular flexibility index (Phi) is 5.15. The minimum atomic E-state index is -0.318. The first-order chi connectivity index (χ1) is 9.76. The molecule has 104 valence electrons. The fourth-order valence-corrected chi connectivity index (χ4v) is 2.83. The molecule has 0 atom stereocenters. The average molecular weight is 288 g/mol. The Labute approximate surface area is 122 Å². The maximum absolute atomic E-state index is 11.7. The lowest BCUT2D eigenvalue weighted by Gasteiger charge is -2.09. The predicted octanol–water partition coefficient (Wildman–Crippen LogP) is 2.62. The van der Waals surface area contributed by atoms with Crippen molar-refractivity contribution in [3.05, 3.63) is 59.3 Å². The van der Waals surface area contributed by atoms with Gasteiger partial charge in [0.2, 0.25) is 0 Å². The van der Waals surface area contributed by atoms with E-state index in [2.05, 4.69) is 4.98 Å². The van der Waals surface area contributed by atoms with Crippen molar-refractivity contribution >= 4 is 17.7 Å². The van der Waals surface area contributed by atoms with Crippen molar-refractivity contribution in [2.24, 2.45) is 5.73 Å². The minimum Gasteiger partial charge on any atom is -0.465 e. The summed E-state index contributed by atoms with van der Waals surface area (Å²) >= 11 is 1.57. The van der Waals surface area contributed by atoms with Gasteiger partial charge in [0.15, 0.2) is 0 Å². The molecule has 0 fully saturated rings. The van der Waals surface area contributed by atoms with Gasteiger partial charge in [-0.05, 0) is 23.3 Å². The van der Waals surface area contributed by atoms with Crippen LogP contribution in [0.5, 0.6) is 0 Å². The largest absolute Gasteiger partial charge is 0.465 e. The van der Waals surface area contributed by atoms with Gasteiger partial charge >= 0.3 is 5.97 Å².